The number of halogens is 1. The van der Waals surface area contributed by atoms with Crippen LogP contribution in [0.25, 0.3) is 11.9 Å². The van der Waals surface area contributed by atoms with Gasteiger partial charge in [-0.15, -0.1) is 0 Å². The summed E-state index contributed by atoms with van der Waals surface area (Å²) in [5.74, 6) is 0.441. The predicted molar refractivity (Wildman–Crippen MR) is 92.6 cm³/mol. The molecule has 7 heteroatoms. The highest BCUT2D eigenvalue weighted by atomic mass is 35.5. The molecule has 2 heterocycles. The molecule has 0 saturated heterocycles. The molecule has 2 aromatic heterocycles. The summed E-state index contributed by atoms with van der Waals surface area (Å²) in [7, 11) is 0. The van der Waals surface area contributed by atoms with Gasteiger partial charge in [0.05, 0.1) is 0 Å². The molecule has 0 aliphatic heterocycles. The third-order valence-electron chi connectivity index (χ3n) is 3.45. The number of fused-ring (bicyclic) bond motifs is 1. The first-order chi connectivity index (χ1) is 11.7. The largest absolute Gasteiger partial charge is 0.353 e. The number of aryl methyl sites for hydroxylation is 1. The van der Waals surface area contributed by atoms with Crippen LogP contribution in [0.4, 0.5) is 0 Å². The molecule has 122 valence electrons. The second-order valence-electron chi connectivity index (χ2n) is 5.22. The molecule has 3 rings (SSSR count). The summed E-state index contributed by atoms with van der Waals surface area (Å²) in [6, 6.07) is 7.38. The lowest BCUT2D eigenvalue weighted by Gasteiger charge is -2.03. The Labute approximate surface area is 144 Å². The van der Waals surface area contributed by atoms with Crippen molar-refractivity contribution in [2.75, 3.05) is 6.54 Å². The van der Waals surface area contributed by atoms with Gasteiger partial charge in [-0.3, -0.25) is 4.79 Å². The van der Waals surface area contributed by atoms with E-state index in [1.165, 1.54) is 12.4 Å². The van der Waals surface area contributed by atoms with Crippen molar-refractivity contribution in [3.8, 4) is 0 Å². The molecule has 1 aromatic carbocycles. The molecule has 0 bridgehead atoms. The zero-order valence-corrected chi connectivity index (χ0v) is 13.6. The molecule has 0 atom stereocenters. The molecule has 0 radical (unpaired) electrons. The van der Waals surface area contributed by atoms with Gasteiger partial charge >= 0.3 is 0 Å². The molecule has 24 heavy (non-hydrogen) atoms. The van der Waals surface area contributed by atoms with Gasteiger partial charge in [0.15, 0.2) is 0 Å². The molecule has 0 aliphatic carbocycles. The topological polar surface area (TPSA) is 72.2 Å². The summed E-state index contributed by atoms with van der Waals surface area (Å²) in [5.41, 5.74) is 1.87. The highest BCUT2D eigenvalue weighted by Crippen LogP contribution is 2.15. The first-order valence-electron chi connectivity index (χ1n) is 7.57. The van der Waals surface area contributed by atoms with Gasteiger partial charge in [0, 0.05) is 30.0 Å². The molecular formula is C17H16ClN5O. The number of nitrogens with zero attached hydrogens (tertiary/aromatic N) is 4. The first kappa shape index (κ1) is 16.1. The second-order valence-corrected chi connectivity index (χ2v) is 5.62. The lowest BCUT2D eigenvalue weighted by atomic mass is 10.2. The Kier molecular flexibility index (Phi) is 5.18. The van der Waals surface area contributed by atoms with Crippen LogP contribution in [-0.4, -0.2) is 32.0 Å². The van der Waals surface area contributed by atoms with E-state index in [1.807, 2.05) is 24.4 Å². The third-order valence-corrected chi connectivity index (χ3v) is 3.79. The summed E-state index contributed by atoms with van der Waals surface area (Å²) in [4.78, 5) is 20.0. The maximum absolute atomic E-state index is 11.8. The Morgan fingerprint density at radius 3 is 3.04 bits per heavy atom. The summed E-state index contributed by atoms with van der Waals surface area (Å²) < 4.78 is 1.64. The normalized spacial score (nSPS) is 11.2. The van der Waals surface area contributed by atoms with Gasteiger partial charge < -0.3 is 5.32 Å². The van der Waals surface area contributed by atoms with E-state index in [1.54, 1.807) is 22.9 Å². The number of nitrogens with one attached hydrogen (secondary N) is 1. The summed E-state index contributed by atoms with van der Waals surface area (Å²) in [6.45, 7) is 0.584. The highest BCUT2D eigenvalue weighted by Gasteiger charge is 2.01. The van der Waals surface area contributed by atoms with Crippen LogP contribution in [0.5, 0.6) is 0 Å². The van der Waals surface area contributed by atoms with Crippen molar-refractivity contribution in [3.05, 3.63) is 65.2 Å². The van der Waals surface area contributed by atoms with Gasteiger partial charge in [0.25, 0.3) is 5.78 Å². The zero-order chi connectivity index (χ0) is 16.8. The minimum atomic E-state index is -0.139. The van der Waals surface area contributed by atoms with Gasteiger partial charge in [-0.1, -0.05) is 29.8 Å². The van der Waals surface area contributed by atoms with E-state index in [9.17, 15) is 4.79 Å². The molecule has 0 spiro atoms. The van der Waals surface area contributed by atoms with E-state index >= 15 is 0 Å². The Bertz CT molecular complexity index is 874. The van der Waals surface area contributed by atoms with Gasteiger partial charge in [-0.2, -0.15) is 10.1 Å². The molecular weight excluding hydrogens is 326 g/mol. The first-order valence-corrected chi connectivity index (χ1v) is 7.95. The number of amides is 1. The number of carbonyl (C=O) groups is 1. The van der Waals surface area contributed by atoms with Gasteiger partial charge in [0.2, 0.25) is 5.91 Å². The average Bonchev–Trinajstić information content (AvgIpc) is 3.06. The number of benzene rings is 1. The minimum Gasteiger partial charge on any atom is -0.353 e. The monoisotopic (exact) mass is 341 g/mol. The van der Waals surface area contributed by atoms with E-state index in [2.05, 4.69) is 20.4 Å². The summed E-state index contributed by atoms with van der Waals surface area (Å²) in [5, 5.41) is 7.52. The fourth-order valence-electron chi connectivity index (χ4n) is 2.23. The zero-order valence-electron chi connectivity index (χ0n) is 12.9. The Morgan fingerprint density at radius 1 is 1.29 bits per heavy atom. The van der Waals surface area contributed by atoms with Gasteiger partial charge in [0.1, 0.15) is 6.33 Å². The van der Waals surface area contributed by atoms with Crippen LogP contribution >= 0.6 is 11.6 Å². The van der Waals surface area contributed by atoms with Crippen LogP contribution in [0.3, 0.4) is 0 Å². The van der Waals surface area contributed by atoms with Crippen LogP contribution in [0.15, 0.2) is 49.1 Å². The van der Waals surface area contributed by atoms with Crippen molar-refractivity contribution in [2.45, 2.75) is 12.8 Å². The van der Waals surface area contributed by atoms with Gasteiger partial charge in [-0.05, 0) is 36.1 Å². The van der Waals surface area contributed by atoms with Crippen LogP contribution in [0.2, 0.25) is 5.02 Å². The number of rotatable bonds is 6. The number of hydrogen-bond donors (Lipinski definition) is 1. The van der Waals surface area contributed by atoms with Crippen molar-refractivity contribution in [2.24, 2.45) is 0 Å². The lowest BCUT2D eigenvalue weighted by Crippen LogP contribution is -2.22. The quantitative estimate of drug-likeness (QED) is 0.552. The fourth-order valence-corrected chi connectivity index (χ4v) is 2.43. The average molecular weight is 342 g/mol. The molecule has 0 unspecified atom stereocenters. The van der Waals surface area contributed by atoms with Crippen molar-refractivity contribution in [1.82, 2.24) is 24.9 Å². The highest BCUT2D eigenvalue weighted by molar-refractivity contribution is 6.32. The van der Waals surface area contributed by atoms with Crippen LogP contribution in [0, 0.1) is 0 Å². The standard InChI is InChI=1S/C17H16ClN5O/c18-15-6-2-1-5-14(15)7-8-16(24)19-9-3-4-13-10-20-17-21-12-22-23(17)11-13/h1-2,5-8,10-12H,3-4,9H2,(H,19,24)/b8-7+. The van der Waals surface area contributed by atoms with E-state index in [0.29, 0.717) is 17.3 Å². The molecule has 0 aliphatic rings. The van der Waals surface area contributed by atoms with E-state index < -0.39 is 0 Å². The minimum absolute atomic E-state index is 0.139. The molecule has 0 fully saturated rings. The molecule has 1 N–H and O–H groups in total. The number of hydrogen-bond acceptors (Lipinski definition) is 4. The molecule has 3 aromatic rings. The van der Waals surface area contributed by atoms with Crippen LogP contribution in [-0.2, 0) is 11.2 Å². The van der Waals surface area contributed by atoms with Crippen LogP contribution in [0.1, 0.15) is 17.5 Å². The van der Waals surface area contributed by atoms with Crippen LogP contribution < -0.4 is 5.32 Å². The Balaban J connectivity index is 1.44. The second kappa shape index (κ2) is 7.70. The summed E-state index contributed by atoms with van der Waals surface area (Å²) >= 11 is 6.04. The summed E-state index contributed by atoms with van der Waals surface area (Å²) in [6.07, 6.45) is 9.96. The number of aromatic nitrogens is 4. The van der Waals surface area contributed by atoms with Gasteiger partial charge in [-0.25, -0.2) is 9.50 Å². The Hall–Kier alpha value is -2.73. The predicted octanol–water partition coefficient (Wildman–Crippen LogP) is 2.54. The smallest absolute Gasteiger partial charge is 0.252 e. The lowest BCUT2D eigenvalue weighted by molar-refractivity contribution is -0.116. The third kappa shape index (κ3) is 4.17. The molecule has 6 nitrogen and oxygen atoms in total. The SMILES string of the molecule is O=C(/C=C/c1ccccc1Cl)NCCCc1cnc2ncnn2c1. The molecule has 1 amide bonds. The fraction of sp³-hybridized carbons (Fsp3) is 0.176. The van der Waals surface area contributed by atoms with Crippen molar-refractivity contribution < 1.29 is 4.79 Å². The Morgan fingerprint density at radius 2 is 2.17 bits per heavy atom. The van der Waals surface area contributed by atoms with E-state index in [-0.39, 0.29) is 5.91 Å². The molecule has 0 saturated carbocycles. The number of carbonyl (C=O) groups excluding carboxylic acids is 1. The van der Waals surface area contributed by atoms with Crippen molar-refractivity contribution in [3.63, 3.8) is 0 Å². The van der Waals surface area contributed by atoms with Crippen molar-refractivity contribution >= 4 is 29.4 Å². The van der Waals surface area contributed by atoms with E-state index in [4.69, 9.17) is 11.6 Å². The van der Waals surface area contributed by atoms with Crippen molar-refractivity contribution in [1.29, 1.82) is 0 Å². The van der Waals surface area contributed by atoms with E-state index in [0.717, 1.165) is 24.0 Å². The maximum atomic E-state index is 11.8. The maximum Gasteiger partial charge on any atom is 0.252 e.